The monoisotopic (exact) mass is 449 g/mol. The van der Waals surface area contributed by atoms with Gasteiger partial charge in [-0.3, -0.25) is 14.4 Å². The summed E-state index contributed by atoms with van der Waals surface area (Å²) in [5.41, 5.74) is 2.20. The van der Waals surface area contributed by atoms with Crippen molar-refractivity contribution in [1.29, 1.82) is 0 Å². The van der Waals surface area contributed by atoms with E-state index in [0.717, 1.165) is 18.4 Å². The van der Waals surface area contributed by atoms with E-state index < -0.39 is 6.04 Å². The van der Waals surface area contributed by atoms with Crippen molar-refractivity contribution in [3.8, 4) is 5.75 Å². The zero-order valence-electron chi connectivity index (χ0n) is 19.2. The van der Waals surface area contributed by atoms with Gasteiger partial charge in [0, 0.05) is 30.3 Å². The summed E-state index contributed by atoms with van der Waals surface area (Å²) < 4.78 is 5.23. The zero-order chi connectivity index (χ0) is 23.4. The van der Waals surface area contributed by atoms with E-state index in [0.29, 0.717) is 42.8 Å². The average Bonchev–Trinajstić information content (AvgIpc) is 3.66. The fourth-order valence-corrected chi connectivity index (χ4v) is 4.22. The first-order valence-electron chi connectivity index (χ1n) is 11.6. The van der Waals surface area contributed by atoms with Gasteiger partial charge in [-0.1, -0.05) is 23.8 Å². The number of ether oxygens (including phenoxy) is 1. The zero-order valence-corrected chi connectivity index (χ0v) is 19.2. The van der Waals surface area contributed by atoms with Crippen molar-refractivity contribution >= 4 is 17.7 Å². The van der Waals surface area contributed by atoms with Gasteiger partial charge in [0.15, 0.2) is 0 Å². The van der Waals surface area contributed by atoms with Gasteiger partial charge in [0.2, 0.25) is 5.91 Å². The molecule has 33 heavy (non-hydrogen) atoms. The van der Waals surface area contributed by atoms with E-state index >= 15 is 0 Å². The van der Waals surface area contributed by atoms with E-state index in [1.54, 1.807) is 37.4 Å². The molecule has 174 valence electrons. The topological polar surface area (TPSA) is 87.7 Å². The number of benzene rings is 2. The average molecular weight is 450 g/mol. The van der Waals surface area contributed by atoms with Crippen molar-refractivity contribution in [1.82, 2.24) is 15.5 Å². The van der Waals surface area contributed by atoms with Crippen LogP contribution in [-0.4, -0.2) is 54.9 Å². The number of hydrogen-bond donors (Lipinski definition) is 2. The van der Waals surface area contributed by atoms with E-state index in [1.165, 1.54) is 0 Å². The summed E-state index contributed by atoms with van der Waals surface area (Å²) in [4.78, 5) is 40.6. The molecule has 0 spiro atoms. The van der Waals surface area contributed by atoms with Crippen molar-refractivity contribution in [2.75, 3.05) is 20.2 Å². The van der Waals surface area contributed by atoms with Crippen LogP contribution in [0.5, 0.6) is 5.75 Å². The predicted octanol–water partition coefficient (Wildman–Crippen LogP) is 2.93. The molecule has 0 unspecified atom stereocenters. The minimum atomic E-state index is -0.617. The van der Waals surface area contributed by atoms with Crippen LogP contribution in [0.4, 0.5) is 0 Å². The number of aryl methyl sites for hydroxylation is 1. The maximum absolute atomic E-state index is 13.0. The third-order valence-electron chi connectivity index (χ3n) is 6.42. The normalized spacial score (nSPS) is 17.2. The minimum Gasteiger partial charge on any atom is -0.497 e. The van der Waals surface area contributed by atoms with Crippen LogP contribution >= 0.6 is 0 Å². The Balaban J connectivity index is 1.42. The number of hydrogen-bond acceptors (Lipinski definition) is 4. The van der Waals surface area contributed by atoms with Crippen LogP contribution in [0.15, 0.2) is 48.5 Å². The number of piperidine rings is 1. The van der Waals surface area contributed by atoms with Crippen LogP contribution in [0.1, 0.15) is 52.0 Å². The number of rotatable bonds is 7. The molecule has 0 bridgehead atoms. The molecule has 1 saturated heterocycles. The van der Waals surface area contributed by atoms with E-state index in [4.69, 9.17) is 4.74 Å². The van der Waals surface area contributed by atoms with Crippen LogP contribution in [0.2, 0.25) is 0 Å². The second kappa shape index (κ2) is 10.1. The molecule has 2 N–H and O–H groups in total. The van der Waals surface area contributed by atoms with Crippen molar-refractivity contribution in [2.45, 2.75) is 44.7 Å². The molecule has 1 aliphatic carbocycles. The van der Waals surface area contributed by atoms with Crippen molar-refractivity contribution in [2.24, 2.45) is 5.92 Å². The number of amides is 3. The lowest BCUT2D eigenvalue weighted by molar-refractivity contribution is -0.124. The van der Waals surface area contributed by atoms with Crippen molar-refractivity contribution in [3.05, 3.63) is 65.2 Å². The quantitative estimate of drug-likeness (QED) is 0.680. The van der Waals surface area contributed by atoms with Gasteiger partial charge in [0.1, 0.15) is 11.8 Å². The number of likely N-dealkylation sites (tertiary alicyclic amines) is 1. The number of nitrogens with zero attached hydrogens (tertiary/aromatic N) is 1. The Kier molecular flexibility index (Phi) is 6.96. The molecular weight excluding hydrogens is 418 g/mol. The second-order valence-corrected chi connectivity index (χ2v) is 8.96. The Hall–Kier alpha value is -3.35. The molecule has 1 atom stereocenters. The largest absolute Gasteiger partial charge is 0.497 e. The Morgan fingerprint density at radius 2 is 1.67 bits per heavy atom. The highest BCUT2D eigenvalue weighted by atomic mass is 16.5. The van der Waals surface area contributed by atoms with Crippen LogP contribution in [0.25, 0.3) is 0 Å². The highest BCUT2D eigenvalue weighted by Crippen LogP contribution is 2.25. The number of carbonyl (C=O) groups excluding carboxylic acids is 3. The fraction of sp³-hybridized carbons (Fsp3) is 0.423. The highest BCUT2D eigenvalue weighted by molar-refractivity contribution is 5.98. The molecule has 2 fully saturated rings. The Morgan fingerprint density at radius 3 is 2.30 bits per heavy atom. The van der Waals surface area contributed by atoms with Gasteiger partial charge in [0.05, 0.1) is 7.11 Å². The maximum Gasteiger partial charge on any atom is 0.253 e. The van der Waals surface area contributed by atoms with Crippen LogP contribution in [0, 0.1) is 12.8 Å². The van der Waals surface area contributed by atoms with E-state index in [9.17, 15) is 14.4 Å². The Bertz CT molecular complexity index is 1010. The molecule has 1 aliphatic heterocycles. The van der Waals surface area contributed by atoms with E-state index in [2.05, 4.69) is 10.6 Å². The third-order valence-corrected chi connectivity index (χ3v) is 6.42. The molecule has 2 aromatic carbocycles. The summed E-state index contributed by atoms with van der Waals surface area (Å²) in [6.07, 6.45) is 3.26. The molecule has 0 aromatic heterocycles. The van der Waals surface area contributed by atoms with Gasteiger partial charge >= 0.3 is 0 Å². The number of carbonyl (C=O) groups is 3. The first kappa shape index (κ1) is 22.8. The Morgan fingerprint density at radius 1 is 0.970 bits per heavy atom. The SMILES string of the molecule is COc1cccc(C(=O)N2CCC([C@H](NC(=O)c3ccc(C)cc3)C(=O)NC3CC3)CC2)c1. The van der Waals surface area contributed by atoms with Gasteiger partial charge in [-0.15, -0.1) is 0 Å². The molecule has 2 aliphatic rings. The molecule has 7 nitrogen and oxygen atoms in total. The summed E-state index contributed by atoms with van der Waals surface area (Å²) in [7, 11) is 1.58. The molecule has 4 rings (SSSR count). The van der Waals surface area contributed by atoms with Gasteiger partial charge in [-0.2, -0.15) is 0 Å². The van der Waals surface area contributed by atoms with Crippen LogP contribution < -0.4 is 15.4 Å². The van der Waals surface area contributed by atoms with Gasteiger partial charge in [-0.05, 0) is 68.9 Å². The summed E-state index contributed by atoms with van der Waals surface area (Å²) in [5, 5.41) is 6.02. The van der Waals surface area contributed by atoms with Crippen LogP contribution in [-0.2, 0) is 4.79 Å². The molecule has 1 saturated carbocycles. The smallest absolute Gasteiger partial charge is 0.253 e. The van der Waals surface area contributed by atoms with Crippen molar-refractivity contribution < 1.29 is 19.1 Å². The molecule has 7 heteroatoms. The van der Waals surface area contributed by atoms with E-state index in [1.807, 2.05) is 30.0 Å². The Labute approximate surface area is 194 Å². The van der Waals surface area contributed by atoms with Crippen molar-refractivity contribution in [3.63, 3.8) is 0 Å². The summed E-state index contributed by atoms with van der Waals surface area (Å²) >= 11 is 0. The lowest BCUT2D eigenvalue weighted by Crippen LogP contribution is -2.54. The molecule has 2 aromatic rings. The van der Waals surface area contributed by atoms with E-state index in [-0.39, 0.29) is 29.7 Å². The second-order valence-electron chi connectivity index (χ2n) is 8.96. The first-order chi connectivity index (χ1) is 15.9. The molecule has 3 amide bonds. The lowest BCUT2D eigenvalue weighted by atomic mass is 9.88. The third kappa shape index (κ3) is 5.72. The number of methoxy groups -OCH3 is 1. The van der Waals surface area contributed by atoms with Crippen LogP contribution in [0.3, 0.4) is 0 Å². The number of nitrogens with one attached hydrogen (secondary N) is 2. The van der Waals surface area contributed by atoms with Gasteiger partial charge < -0.3 is 20.3 Å². The fourth-order valence-electron chi connectivity index (χ4n) is 4.22. The van der Waals surface area contributed by atoms with Gasteiger partial charge in [-0.25, -0.2) is 0 Å². The molecule has 0 radical (unpaired) electrons. The molecule has 1 heterocycles. The first-order valence-corrected chi connectivity index (χ1v) is 11.6. The maximum atomic E-state index is 13.0. The highest BCUT2D eigenvalue weighted by Gasteiger charge is 2.36. The summed E-state index contributed by atoms with van der Waals surface area (Å²) in [6, 6.07) is 14.0. The summed E-state index contributed by atoms with van der Waals surface area (Å²) in [6.45, 7) is 3.04. The standard InChI is InChI=1S/C26H31N3O4/c1-17-6-8-19(9-7-17)24(30)28-23(25(31)27-21-10-11-21)18-12-14-29(15-13-18)26(32)20-4-3-5-22(16-20)33-2/h3-9,16,18,21,23H,10-15H2,1-2H3,(H,27,31)(H,28,30)/t23-/m0/s1. The van der Waals surface area contributed by atoms with Gasteiger partial charge in [0.25, 0.3) is 11.8 Å². The minimum absolute atomic E-state index is 0.0347. The lowest BCUT2D eigenvalue weighted by Gasteiger charge is -2.36. The predicted molar refractivity (Wildman–Crippen MR) is 125 cm³/mol. The molecular formula is C26H31N3O4. The summed E-state index contributed by atoms with van der Waals surface area (Å²) in [5.74, 6) is 0.185.